The van der Waals surface area contributed by atoms with Crippen LogP contribution in [0.2, 0.25) is 0 Å². The van der Waals surface area contributed by atoms with Gasteiger partial charge in [0.25, 0.3) is 5.56 Å². The van der Waals surface area contributed by atoms with E-state index in [4.69, 9.17) is 5.73 Å². The van der Waals surface area contributed by atoms with Crippen LogP contribution in [0.15, 0.2) is 65.6 Å². The van der Waals surface area contributed by atoms with Crippen LogP contribution < -0.4 is 11.3 Å². The van der Waals surface area contributed by atoms with Gasteiger partial charge in [-0.15, -0.1) is 12.4 Å². The number of hydrogen-bond donors (Lipinski definition) is 1. The number of nitrogens with zero attached hydrogens (tertiary/aromatic N) is 3. The first-order valence-corrected chi connectivity index (χ1v) is 8.66. The standard InChI is InChI=1S/C20H20N4O2.ClH/c21-18-12-23(11-17(18)14-6-2-1-3-7-14)19(25)13-24-20(26)16-9-5-4-8-15(16)10-22-24;/h1-10,17-18H,11-13,21H2;1H/t17-,18+;/m0./s1. The van der Waals surface area contributed by atoms with Gasteiger partial charge >= 0.3 is 0 Å². The van der Waals surface area contributed by atoms with Gasteiger partial charge in [0.2, 0.25) is 5.91 Å². The Labute approximate surface area is 163 Å². The van der Waals surface area contributed by atoms with Gasteiger partial charge in [0.15, 0.2) is 0 Å². The Hall–Kier alpha value is -2.70. The van der Waals surface area contributed by atoms with Gasteiger partial charge in [-0.05, 0) is 11.6 Å². The summed E-state index contributed by atoms with van der Waals surface area (Å²) >= 11 is 0. The summed E-state index contributed by atoms with van der Waals surface area (Å²) in [5.41, 5.74) is 7.14. The monoisotopic (exact) mass is 384 g/mol. The summed E-state index contributed by atoms with van der Waals surface area (Å²) in [6.07, 6.45) is 1.62. The largest absolute Gasteiger partial charge is 0.339 e. The van der Waals surface area contributed by atoms with Crippen molar-refractivity contribution in [2.75, 3.05) is 13.1 Å². The molecule has 1 aliphatic rings. The highest BCUT2D eigenvalue weighted by Gasteiger charge is 2.33. The van der Waals surface area contributed by atoms with Gasteiger partial charge in [0.05, 0.1) is 11.6 Å². The topological polar surface area (TPSA) is 81.2 Å². The Morgan fingerprint density at radius 1 is 1.07 bits per heavy atom. The Bertz CT molecular complexity index is 1010. The minimum Gasteiger partial charge on any atom is -0.339 e. The van der Waals surface area contributed by atoms with Gasteiger partial charge < -0.3 is 10.6 Å². The molecule has 1 saturated heterocycles. The first-order chi connectivity index (χ1) is 12.6. The molecule has 7 heteroatoms. The second kappa shape index (κ2) is 7.90. The second-order valence-electron chi connectivity index (χ2n) is 6.67. The maximum Gasteiger partial charge on any atom is 0.275 e. The number of likely N-dealkylation sites (tertiary alicyclic amines) is 1. The summed E-state index contributed by atoms with van der Waals surface area (Å²) < 4.78 is 1.23. The number of carbonyl (C=O) groups is 1. The SMILES string of the molecule is Cl.N[C@@H]1CN(C(=O)Cn2ncc3ccccc3c2=O)C[C@H]1c1ccccc1. The average Bonchev–Trinajstić information content (AvgIpc) is 3.07. The Morgan fingerprint density at radius 2 is 1.78 bits per heavy atom. The molecule has 2 heterocycles. The molecule has 140 valence electrons. The fourth-order valence-corrected chi connectivity index (χ4v) is 3.55. The summed E-state index contributed by atoms with van der Waals surface area (Å²) in [6.45, 7) is 0.977. The molecule has 1 aliphatic heterocycles. The van der Waals surface area contributed by atoms with Crippen molar-refractivity contribution >= 4 is 29.1 Å². The molecule has 0 saturated carbocycles. The zero-order valence-electron chi connectivity index (χ0n) is 14.7. The Kier molecular flexibility index (Phi) is 5.58. The molecule has 0 unspecified atom stereocenters. The number of amides is 1. The quantitative estimate of drug-likeness (QED) is 0.746. The van der Waals surface area contributed by atoms with Crippen LogP contribution in [0.1, 0.15) is 11.5 Å². The normalized spacial score (nSPS) is 19.1. The summed E-state index contributed by atoms with van der Waals surface area (Å²) in [6, 6.07) is 17.1. The summed E-state index contributed by atoms with van der Waals surface area (Å²) in [5.74, 6) is -0.0230. The maximum atomic E-state index is 12.7. The molecule has 4 rings (SSSR count). The summed E-state index contributed by atoms with van der Waals surface area (Å²) in [5, 5.41) is 5.48. The molecule has 0 aliphatic carbocycles. The van der Waals surface area contributed by atoms with E-state index in [1.165, 1.54) is 4.68 Å². The van der Waals surface area contributed by atoms with Crippen molar-refractivity contribution in [2.45, 2.75) is 18.5 Å². The molecular weight excluding hydrogens is 364 g/mol. The number of hydrogen-bond acceptors (Lipinski definition) is 4. The lowest BCUT2D eigenvalue weighted by molar-refractivity contribution is -0.131. The number of nitrogens with two attached hydrogens (primary N) is 1. The lowest BCUT2D eigenvalue weighted by Gasteiger charge is -2.17. The third kappa shape index (κ3) is 3.72. The summed E-state index contributed by atoms with van der Waals surface area (Å²) in [7, 11) is 0. The predicted molar refractivity (Wildman–Crippen MR) is 107 cm³/mol. The number of halogens is 1. The van der Waals surface area contributed by atoms with Crippen molar-refractivity contribution in [3.05, 3.63) is 76.7 Å². The molecule has 1 fully saturated rings. The van der Waals surface area contributed by atoms with Gasteiger partial charge in [-0.2, -0.15) is 5.10 Å². The molecule has 0 radical (unpaired) electrons. The molecule has 0 bridgehead atoms. The number of aromatic nitrogens is 2. The van der Waals surface area contributed by atoms with Gasteiger partial charge in [-0.1, -0.05) is 48.5 Å². The number of carbonyl (C=O) groups excluding carboxylic acids is 1. The lowest BCUT2D eigenvalue weighted by Crippen LogP contribution is -2.37. The van der Waals surface area contributed by atoms with Gasteiger partial charge in [0.1, 0.15) is 6.54 Å². The van der Waals surface area contributed by atoms with Gasteiger partial charge in [-0.3, -0.25) is 9.59 Å². The molecule has 27 heavy (non-hydrogen) atoms. The van der Waals surface area contributed by atoms with Crippen molar-refractivity contribution in [1.82, 2.24) is 14.7 Å². The summed E-state index contributed by atoms with van der Waals surface area (Å²) in [4.78, 5) is 27.0. The smallest absolute Gasteiger partial charge is 0.275 e. The van der Waals surface area contributed by atoms with Crippen molar-refractivity contribution < 1.29 is 4.79 Å². The van der Waals surface area contributed by atoms with Crippen LogP contribution in [0.5, 0.6) is 0 Å². The molecule has 1 amide bonds. The molecule has 1 aromatic heterocycles. The highest BCUT2D eigenvalue weighted by molar-refractivity contribution is 5.85. The first kappa shape index (κ1) is 19.1. The molecule has 6 nitrogen and oxygen atoms in total. The van der Waals surface area contributed by atoms with E-state index >= 15 is 0 Å². The van der Waals surface area contributed by atoms with Crippen LogP contribution in [0, 0.1) is 0 Å². The van der Waals surface area contributed by atoms with E-state index in [1.807, 2.05) is 42.5 Å². The average molecular weight is 385 g/mol. The molecule has 2 N–H and O–H groups in total. The molecule has 0 spiro atoms. The van der Waals surface area contributed by atoms with Crippen LogP contribution in [-0.4, -0.2) is 39.7 Å². The third-order valence-electron chi connectivity index (χ3n) is 4.99. The predicted octanol–water partition coefficient (Wildman–Crippen LogP) is 1.77. The van der Waals surface area contributed by atoms with Crippen molar-refractivity contribution in [2.24, 2.45) is 5.73 Å². The van der Waals surface area contributed by atoms with Crippen LogP contribution in [0.4, 0.5) is 0 Å². The van der Waals surface area contributed by atoms with Gasteiger partial charge in [0, 0.05) is 30.4 Å². The van der Waals surface area contributed by atoms with E-state index < -0.39 is 0 Å². The van der Waals surface area contributed by atoms with E-state index in [2.05, 4.69) is 5.10 Å². The van der Waals surface area contributed by atoms with Gasteiger partial charge in [-0.25, -0.2) is 4.68 Å². The number of fused-ring (bicyclic) bond motifs is 1. The van der Waals surface area contributed by atoms with E-state index in [1.54, 1.807) is 23.2 Å². The number of rotatable bonds is 3. The zero-order valence-corrected chi connectivity index (χ0v) is 15.5. The van der Waals surface area contributed by atoms with E-state index in [-0.39, 0.29) is 42.4 Å². The van der Waals surface area contributed by atoms with Crippen LogP contribution in [0.25, 0.3) is 10.8 Å². The zero-order chi connectivity index (χ0) is 18.1. The van der Waals surface area contributed by atoms with Crippen LogP contribution in [-0.2, 0) is 11.3 Å². The fourth-order valence-electron chi connectivity index (χ4n) is 3.55. The van der Waals surface area contributed by atoms with Crippen LogP contribution >= 0.6 is 12.4 Å². The van der Waals surface area contributed by atoms with E-state index in [0.717, 1.165) is 10.9 Å². The Balaban J connectivity index is 0.00000210. The maximum absolute atomic E-state index is 12.7. The highest BCUT2D eigenvalue weighted by Crippen LogP contribution is 2.26. The molecule has 2 aromatic carbocycles. The molecule has 2 atom stereocenters. The molecular formula is C20H21ClN4O2. The van der Waals surface area contributed by atoms with Crippen LogP contribution in [0.3, 0.4) is 0 Å². The van der Waals surface area contributed by atoms with Crippen molar-refractivity contribution in [1.29, 1.82) is 0 Å². The van der Waals surface area contributed by atoms with E-state index in [9.17, 15) is 9.59 Å². The Morgan fingerprint density at radius 3 is 2.56 bits per heavy atom. The number of benzene rings is 2. The fraction of sp³-hybridized carbons (Fsp3) is 0.250. The van der Waals surface area contributed by atoms with Crippen molar-refractivity contribution in [3.8, 4) is 0 Å². The highest BCUT2D eigenvalue weighted by atomic mass is 35.5. The molecule has 3 aromatic rings. The van der Waals surface area contributed by atoms with E-state index in [0.29, 0.717) is 18.5 Å². The third-order valence-corrected chi connectivity index (χ3v) is 4.99. The second-order valence-corrected chi connectivity index (χ2v) is 6.67. The van der Waals surface area contributed by atoms with Crippen molar-refractivity contribution in [3.63, 3.8) is 0 Å². The minimum atomic E-state index is -0.250. The first-order valence-electron chi connectivity index (χ1n) is 8.66. The lowest BCUT2D eigenvalue weighted by atomic mass is 9.95. The minimum absolute atomic E-state index is 0.